The summed E-state index contributed by atoms with van der Waals surface area (Å²) in [4.78, 5) is 0. The van der Waals surface area contributed by atoms with Gasteiger partial charge < -0.3 is 10.2 Å². The Morgan fingerprint density at radius 1 is 1.18 bits per heavy atom. The summed E-state index contributed by atoms with van der Waals surface area (Å²) in [5.41, 5.74) is 1.21. The first-order chi connectivity index (χ1) is 10.2. The first kappa shape index (κ1) is 19.0. The van der Waals surface area contributed by atoms with Gasteiger partial charge in [0.15, 0.2) is 0 Å². The molecular weight excluding hydrogens is 272 g/mol. The van der Waals surface area contributed by atoms with Gasteiger partial charge in [-0.25, -0.2) is 0 Å². The summed E-state index contributed by atoms with van der Waals surface area (Å²) in [6.07, 6.45) is 12.1. The molecule has 2 unspecified atom stereocenters. The molecule has 0 spiro atoms. The first-order valence-electron chi connectivity index (χ1n) is 8.71. The maximum absolute atomic E-state index is 10.9. The minimum Gasteiger partial charge on any atom is -0.508 e. The predicted molar refractivity (Wildman–Crippen MR) is 94.9 cm³/mol. The second kappa shape index (κ2) is 8.57. The van der Waals surface area contributed by atoms with Crippen LogP contribution in [0.25, 0.3) is 0 Å². The Morgan fingerprint density at radius 3 is 2.50 bits per heavy atom. The minimum absolute atomic E-state index is 0.0550. The van der Waals surface area contributed by atoms with Crippen LogP contribution in [0.3, 0.4) is 0 Å². The van der Waals surface area contributed by atoms with Crippen molar-refractivity contribution >= 4 is 0 Å². The van der Waals surface area contributed by atoms with Crippen LogP contribution in [0.15, 0.2) is 35.1 Å². The lowest BCUT2D eigenvalue weighted by Crippen LogP contribution is -2.32. The van der Waals surface area contributed by atoms with Crippen LogP contribution in [0.1, 0.15) is 73.1 Å². The zero-order valence-corrected chi connectivity index (χ0v) is 15.0. The van der Waals surface area contributed by atoms with E-state index in [9.17, 15) is 10.2 Å². The Bertz CT molecular complexity index is 443. The Labute approximate surface area is 136 Å². The van der Waals surface area contributed by atoms with Gasteiger partial charge >= 0.3 is 0 Å². The van der Waals surface area contributed by atoms with Crippen LogP contribution in [0.4, 0.5) is 0 Å². The number of rotatable bonds is 1. The van der Waals surface area contributed by atoms with Crippen molar-refractivity contribution in [3.8, 4) is 0 Å². The molecule has 0 aromatic carbocycles. The van der Waals surface area contributed by atoms with E-state index in [1.807, 2.05) is 20.8 Å². The monoisotopic (exact) mass is 306 g/mol. The van der Waals surface area contributed by atoms with Crippen molar-refractivity contribution in [2.24, 2.45) is 11.8 Å². The molecule has 2 nitrogen and oxygen atoms in total. The fourth-order valence-electron chi connectivity index (χ4n) is 2.81. The van der Waals surface area contributed by atoms with E-state index >= 15 is 0 Å². The molecular formula is C20H34O2. The summed E-state index contributed by atoms with van der Waals surface area (Å²) in [7, 11) is 0. The van der Waals surface area contributed by atoms with E-state index in [1.165, 1.54) is 18.4 Å². The second-order valence-electron chi connectivity index (χ2n) is 7.39. The molecule has 1 aliphatic carbocycles. The average Bonchev–Trinajstić information content (AvgIpc) is 2.44. The molecule has 0 radical (unpaired) electrons. The quantitative estimate of drug-likeness (QED) is 0.610. The zero-order chi connectivity index (χ0) is 16.8. The fraction of sp³-hybridized carbons (Fsp3) is 0.700. The van der Waals surface area contributed by atoms with Gasteiger partial charge in [-0.2, -0.15) is 0 Å². The molecule has 22 heavy (non-hydrogen) atoms. The molecule has 1 rings (SSSR count). The molecule has 0 amide bonds. The van der Waals surface area contributed by atoms with Crippen molar-refractivity contribution in [2.75, 3.05) is 0 Å². The van der Waals surface area contributed by atoms with Gasteiger partial charge in [0.1, 0.15) is 5.76 Å². The summed E-state index contributed by atoms with van der Waals surface area (Å²) >= 11 is 0. The molecule has 0 heterocycles. The van der Waals surface area contributed by atoms with Crippen molar-refractivity contribution < 1.29 is 10.2 Å². The molecule has 1 aliphatic rings. The highest BCUT2D eigenvalue weighted by Crippen LogP contribution is 2.28. The summed E-state index contributed by atoms with van der Waals surface area (Å²) in [5, 5.41) is 21.2. The van der Waals surface area contributed by atoms with Gasteiger partial charge in [0, 0.05) is 0 Å². The zero-order valence-electron chi connectivity index (χ0n) is 15.0. The topological polar surface area (TPSA) is 40.5 Å². The Morgan fingerprint density at radius 2 is 1.86 bits per heavy atom. The van der Waals surface area contributed by atoms with Crippen LogP contribution >= 0.6 is 0 Å². The average molecular weight is 306 g/mol. The van der Waals surface area contributed by atoms with Crippen LogP contribution in [0, 0.1) is 11.8 Å². The highest BCUT2D eigenvalue weighted by molar-refractivity contribution is 5.26. The smallest absolute Gasteiger partial charge is 0.117 e. The molecule has 0 fully saturated rings. The highest BCUT2D eigenvalue weighted by Gasteiger charge is 2.28. The number of aliphatic hydroxyl groups excluding tert-OH is 1. The number of allylic oxidation sites excluding steroid dienone is 3. The van der Waals surface area contributed by atoms with Crippen molar-refractivity contribution in [3.05, 3.63) is 35.1 Å². The lowest BCUT2D eigenvalue weighted by molar-refractivity contribution is 0.0431. The molecule has 0 aromatic rings. The third-order valence-electron chi connectivity index (χ3n) is 4.95. The summed E-state index contributed by atoms with van der Waals surface area (Å²) in [6.45, 7) is 10.4. The summed E-state index contributed by atoms with van der Waals surface area (Å²) < 4.78 is 0. The normalized spacial score (nSPS) is 36.5. The molecule has 0 bridgehead atoms. The van der Waals surface area contributed by atoms with Gasteiger partial charge in [0.25, 0.3) is 0 Å². The molecule has 2 atom stereocenters. The molecule has 0 aromatic heterocycles. The standard InChI is InChI=1S/C20H34O2/c1-15(2)20(22)13-12-17(4)9-6-8-16(3)10-7-11-18(5)19(21)14-20/h11-12,14-16,21-22H,6-10,13H2,1-5H3/b17-12-,18-11-,19-14-. The molecule has 2 heteroatoms. The van der Waals surface area contributed by atoms with Crippen LogP contribution in [-0.4, -0.2) is 15.8 Å². The van der Waals surface area contributed by atoms with Crippen LogP contribution in [-0.2, 0) is 0 Å². The number of aliphatic hydroxyl groups is 2. The SMILES string of the molecule is C/C1=C/CC(O)(C(C)C)/C=C(O)/C(C)=C\CCC(C)CCC1. The third-order valence-corrected chi connectivity index (χ3v) is 4.95. The third kappa shape index (κ3) is 6.00. The van der Waals surface area contributed by atoms with Gasteiger partial charge in [-0.3, -0.25) is 0 Å². The van der Waals surface area contributed by atoms with Gasteiger partial charge in [0.2, 0.25) is 0 Å². The van der Waals surface area contributed by atoms with E-state index < -0.39 is 5.60 Å². The van der Waals surface area contributed by atoms with E-state index in [0.29, 0.717) is 6.42 Å². The van der Waals surface area contributed by atoms with Crippen LogP contribution < -0.4 is 0 Å². The van der Waals surface area contributed by atoms with E-state index in [0.717, 1.165) is 30.8 Å². The molecule has 0 saturated carbocycles. The maximum atomic E-state index is 10.9. The second-order valence-corrected chi connectivity index (χ2v) is 7.39. The van der Waals surface area contributed by atoms with Gasteiger partial charge in [0.05, 0.1) is 5.60 Å². The van der Waals surface area contributed by atoms with Gasteiger partial charge in [-0.05, 0) is 69.4 Å². The van der Waals surface area contributed by atoms with Crippen LogP contribution in [0.2, 0.25) is 0 Å². The van der Waals surface area contributed by atoms with E-state index in [4.69, 9.17) is 0 Å². The lowest BCUT2D eigenvalue weighted by Gasteiger charge is -2.28. The van der Waals surface area contributed by atoms with E-state index in [1.54, 1.807) is 6.08 Å². The number of hydrogen-bond acceptors (Lipinski definition) is 2. The van der Waals surface area contributed by atoms with Crippen LogP contribution in [0.5, 0.6) is 0 Å². The summed E-state index contributed by atoms with van der Waals surface area (Å²) in [5.74, 6) is 0.991. The first-order valence-corrected chi connectivity index (χ1v) is 8.71. The summed E-state index contributed by atoms with van der Waals surface area (Å²) in [6, 6.07) is 0. The van der Waals surface area contributed by atoms with Crippen molar-refractivity contribution in [1.29, 1.82) is 0 Å². The van der Waals surface area contributed by atoms with Crippen molar-refractivity contribution in [1.82, 2.24) is 0 Å². The Hall–Kier alpha value is -1.02. The Kier molecular flexibility index (Phi) is 7.41. The molecule has 0 aliphatic heterocycles. The molecule has 126 valence electrons. The maximum Gasteiger partial charge on any atom is 0.117 e. The highest BCUT2D eigenvalue weighted by atomic mass is 16.3. The largest absolute Gasteiger partial charge is 0.508 e. The molecule has 0 saturated heterocycles. The van der Waals surface area contributed by atoms with Crippen molar-refractivity contribution in [3.63, 3.8) is 0 Å². The fourth-order valence-corrected chi connectivity index (χ4v) is 2.81. The van der Waals surface area contributed by atoms with Crippen molar-refractivity contribution in [2.45, 2.75) is 78.7 Å². The number of hydrogen-bond donors (Lipinski definition) is 2. The predicted octanol–water partition coefficient (Wildman–Crippen LogP) is 5.70. The Balaban J connectivity index is 3.07. The molecule has 2 N–H and O–H groups in total. The van der Waals surface area contributed by atoms with Gasteiger partial charge in [-0.15, -0.1) is 0 Å². The lowest BCUT2D eigenvalue weighted by atomic mass is 9.84. The van der Waals surface area contributed by atoms with E-state index in [2.05, 4.69) is 26.0 Å². The van der Waals surface area contributed by atoms with Gasteiger partial charge in [-0.1, -0.05) is 44.9 Å². The van der Waals surface area contributed by atoms with E-state index in [-0.39, 0.29) is 11.7 Å². The minimum atomic E-state index is -0.988.